The van der Waals surface area contributed by atoms with Crippen molar-refractivity contribution in [3.05, 3.63) is 16.1 Å². The lowest BCUT2D eigenvalue weighted by molar-refractivity contribution is -0.119. The summed E-state index contributed by atoms with van der Waals surface area (Å²) in [5, 5.41) is 5.80. The first-order valence-electron chi connectivity index (χ1n) is 4.23. The van der Waals surface area contributed by atoms with Gasteiger partial charge in [-0.15, -0.1) is 11.3 Å². The average molecular weight is 197 g/mol. The molecule has 2 rings (SSSR count). The minimum atomic E-state index is 0.120. The van der Waals surface area contributed by atoms with E-state index < -0.39 is 0 Å². The van der Waals surface area contributed by atoms with Crippen LogP contribution in [0.1, 0.15) is 29.6 Å². The summed E-state index contributed by atoms with van der Waals surface area (Å²) in [5.41, 5.74) is 6.35. The molecule has 0 spiro atoms. The van der Waals surface area contributed by atoms with Crippen LogP contribution in [0.15, 0.2) is 5.38 Å². The maximum Gasteiger partial charge on any atom is 0.220 e. The molecule has 1 aromatic rings. The lowest BCUT2D eigenvalue weighted by Crippen LogP contribution is -2.18. The summed E-state index contributed by atoms with van der Waals surface area (Å²) in [6.45, 7) is 0.469. The molecular formula is C8H11N3OS. The second kappa shape index (κ2) is 3.43. The van der Waals surface area contributed by atoms with Gasteiger partial charge in [0.1, 0.15) is 5.01 Å². The number of thiazole rings is 1. The largest absolute Gasteiger partial charge is 0.347 e. The summed E-state index contributed by atoms with van der Waals surface area (Å²) >= 11 is 1.57. The Balaban J connectivity index is 2.12. The van der Waals surface area contributed by atoms with E-state index in [-0.39, 0.29) is 11.9 Å². The molecule has 0 radical (unpaired) electrons. The fraction of sp³-hybridized carbons (Fsp3) is 0.500. The Morgan fingerprint density at radius 2 is 2.62 bits per heavy atom. The van der Waals surface area contributed by atoms with Crippen LogP contribution in [-0.2, 0) is 11.3 Å². The monoisotopic (exact) mass is 197 g/mol. The van der Waals surface area contributed by atoms with Crippen LogP contribution in [0.4, 0.5) is 0 Å². The van der Waals surface area contributed by atoms with E-state index in [0.29, 0.717) is 13.0 Å². The molecule has 1 aromatic heterocycles. The van der Waals surface area contributed by atoms with Crippen molar-refractivity contribution < 1.29 is 4.79 Å². The van der Waals surface area contributed by atoms with Crippen LogP contribution in [0.25, 0.3) is 0 Å². The third-order valence-electron chi connectivity index (χ3n) is 2.07. The Morgan fingerprint density at radius 3 is 3.15 bits per heavy atom. The molecule has 0 bridgehead atoms. The summed E-state index contributed by atoms with van der Waals surface area (Å²) in [6, 6.07) is 0.123. The normalized spacial score (nSPS) is 21.9. The van der Waals surface area contributed by atoms with E-state index in [9.17, 15) is 4.79 Å². The van der Waals surface area contributed by atoms with Crippen molar-refractivity contribution in [1.29, 1.82) is 0 Å². The summed E-state index contributed by atoms with van der Waals surface area (Å²) in [4.78, 5) is 15.3. The van der Waals surface area contributed by atoms with Crippen LogP contribution in [-0.4, -0.2) is 10.9 Å². The van der Waals surface area contributed by atoms with Gasteiger partial charge in [0.15, 0.2) is 0 Å². The number of rotatable bonds is 2. The highest BCUT2D eigenvalue weighted by molar-refractivity contribution is 7.09. The fourth-order valence-electron chi connectivity index (χ4n) is 1.38. The molecule has 1 aliphatic rings. The van der Waals surface area contributed by atoms with Crippen molar-refractivity contribution >= 4 is 17.2 Å². The smallest absolute Gasteiger partial charge is 0.220 e. The number of aromatic nitrogens is 1. The summed E-state index contributed by atoms with van der Waals surface area (Å²) < 4.78 is 0. The Kier molecular flexibility index (Phi) is 2.28. The summed E-state index contributed by atoms with van der Waals surface area (Å²) in [5.74, 6) is 0.120. The molecule has 0 saturated carbocycles. The number of hydrogen-bond acceptors (Lipinski definition) is 4. The predicted octanol–water partition coefficient (Wildman–Crippen LogP) is 0.553. The van der Waals surface area contributed by atoms with Crippen molar-refractivity contribution in [3.63, 3.8) is 0 Å². The molecule has 1 aliphatic heterocycles. The molecule has 1 saturated heterocycles. The highest BCUT2D eigenvalue weighted by atomic mass is 32.1. The molecule has 1 amide bonds. The highest BCUT2D eigenvalue weighted by Gasteiger charge is 2.24. The zero-order chi connectivity index (χ0) is 9.26. The van der Waals surface area contributed by atoms with E-state index >= 15 is 0 Å². The predicted molar refractivity (Wildman–Crippen MR) is 50.1 cm³/mol. The van der Waals surface area contributed by atoms with Crippen LogP contribution >= 0.6 is 11.3 Å². The van der Waals surface area contributed by atoms with Crippen LogP contribution in [0.5, 0.6) is 0 Å². The number of nitrogens with one attached hydrogen (secondary N) is 1. The standard InChI is InChI=1S/C8H11N3OS/c9-3-5-4-13-8(10-5)6-1-2-7(12)11-6/h4,6H,1-3,9H2,(H,11,12)/t6-/m0/s1. The average Bonchev–Trinajstić information content (AvgIpc) is 2.71. The maximum atomic E-state index is 10.9. The van der Waals surface area contributed by atoms with E-state index in [1.807, 2.05) is 5.38 Å². The second-order valence-electron chi connectivity index (χ2n) is 3.04. The fourth-order valence-corrected chi connectivity index (χ4v) is 2.29. The molecule has 0 aromatic carbocycles. The topological polar surface area (TPSA) is 68.0 Å². The molecule has 2 heterocycles. The Morgan fingerprint density at radius 1 is 1.77 bits per heavy atom. The van der Waals surface area contributed by atoms with Crippen molar-refractivity contribution in [2.75, 3.05) is 0 Å². The van der Waals surface area contributed by atoms with Gasteiger partial charge in [-0.3, -0.25) is 4.79 Å². The van der Waals surface area contributed by atoms with Gasteiger partial charge in [-0.1, -0.05) is 0 Å². The SMILES string of the molecule is NCc1csc([C@@H]2CCC(=O)N2)n1. The number of carbonyl (C=O) groups is 1. The second-order valence-corrected chi connectivity index (χ2v) is 3.93. The highest BCUT2D eigenvalue weighted by Crippen LogP contribution is 2.26. The van der Waals surface area contributed by atoms with Crippen molar-refractivity contribution in [1.82, 2.24) is 10.3 Å². The zero-order valence-corrected chi connectivity index (χ0v) is 7.93. The first kappa shape index (κ1) is 8.65. The van der Waals surface area contributed by atoms with Gasteiger partial charge in [0.2, 0.25) is 5.91 Å². The molecule has 13 heavy (non-hydrogen) atoms. The Labute approximate surface area is 80.2 Å². The molecule has 3 N–H and O–H groups in total. The van der Waals surface area contributed by atoms with Crippen LogP contribution in [0.2, 0.25) is 0 Å². The lowest BCUT2D eigenvalue weighted by atomic mass is 10.2. The van der Waals surface area contributed by atoms with Crippen molar-refractivity contribution in [2.45, 2.75) is 25.4 Å². The molecule has 1 fully saturated rings. The van der Waals surface area contributed by atoms with E-state index in [1.54, 1.807) is 11.3 Å². The van der Waals surface area contributed by atoms with Gasteiger partial charge < -0.3 is 11.1 Å². The Bertz CT molecular complexity index is 323. The van der Waals surface area contributed by atoms with Gasteiger partial charge in [-0.05, 0) is 6.42 Å². The molecular weight excluding hydrogens is 186 g/mol. The summed E-state index contributed by atoms with van der Waals surface area (Å²) in [6.07, 6.45) is 1.47. The number of nitrogens with two attached hydrogens (primary N) is 1. The first-order chi connectivity index (χ1) is 6.29. The number of hydrogen-bond donors (Lipinski definition) is 2. The van der Waals surface area contributed by atoms with Gasteiger partial charge in [0.05, 0.1) is 11.7 Å². The lowest BCUT2D eigenvalue weighted by Gasteiger charge is -2.04. The summed E-state index contributed by atoms with van der Waals surface area (Å²) in [7, 11) is 0. The van der Waals surface area contributed by atoms with E-state index in [1.165, 1.54) is 0 Å². The van der Waals surface area contributed by atoms with Crippen molar-refractivity contribution in [3.8, 4) is 0 Å². The van der Waals surface area contributed by atoms with E-state index in [2.05, 4.69) is 10.3 Å². The van der Waals surface area contributed by atoms with Gasteiger partial charge >= 0.3 is 0 Å². The minimum absolute atomic E-state index is 0.120. The van der Waals surface area contributed by atoms with Crippen LogP contribution in [0, 0.1) is 0 Å². The maximum absolute atomic E-state index is 10.9. The quantitative estimate of drug-likeness (QED) is 0.727. The Hall–Kier alpha value is -0.940. The number of carbonyl (C=O) groups excluding carboxylic acids is 1. The molecule has 1 atom stereocenters. The van der Waals surface area contributed by atoms with Gasteiger partial charge in [-0.25, -0.2) is 4.98 Å². The van der Waals surface area contributed by atoms with E-state index in [0.717, 1.165) is 17.1 Å². The molecule has 70 valence electrons. The van der Waals surface area contributed by atoms with Gasteiger partial charge in [0, 0.05) is 18.3 Å². The number of nitrogens with zero attached hydrogens (tertiary/aromatic N) is 1. The van der Waals surface area contributed by atoms with Crippen LogP contribution in [0.3, 0.4) is 0 Å². The van der Waals surface area contributed by atoms with E-state index in [4.69, 9.17) is 5.73 Å². The third kappa shape index (κ3) is 1.71. The third-order valence-corrected chi connectivity index (χ3v) is 3.08. The van der Waals surface area contributed by atoms with Gasteiger partial charge in [0.25, 0.3) is 0 Å². The van der Waals surface area contributed by atoms with Gasteiger partial charge in [-0.2, -0.15) is 0 Å². The first-order valence-corrected chi connectivity index (χ1v) is 5.11. The van der Waals surface area contributed by atoms with Crippen molar-refractivity contribution in [2.24, 2.45) is 5.73 Å². The molecule has 4 nitrogen and oxygen atoms in total. The minimum Gasteiger partial charge on any atom is -0.347 e. The molecule has 5 heteroatoms. The number of amides is 1. The molecule has 0 aliphatic carbocycles. The molecule has 0 unspecified atom stereocenters. The van der Waals surface area contributed by atoms with Crippen LogP contribution < -0.4 is 11.1 Å². The zero-order valence-electron chi connectivity index (χ0n) is 7.12.